The van der Waals surface area contributed by atoms with Gasteiger partial charge in [-0.25, -0.2) is 9.97 Å². The second-order valence-corrected chi connectivity index (χ2v) is 4.95. The van der Waals surface area contributed by atoms with Gasteiger partial charge in [-0.05, 0) is 12.8 Å². The van der Waals surface area contributed by atoms with Crippen LogP contribution in [-0.2, 0) is 0 Å². The maximum Gasteiger partial charge on any atom is 0.254 e. The van der Waals surface area contributed by atoms with Crippen molar-refractivity contribution in [2.24, 2.45) is 0 Å². The molecule has 1 aliphatic carbocycles. The molecule has 0 atom stereocenters. The lowest BCUT2D eigenvalue weighted by atomic mass is 9.94. The summed E-state index contributed by atoms with van der Waals surface area (Å²) >= 11 is 0. The van der Waals surface area contributed by atoms with Crippen LogP contribution in [0.15, 0.2) is 18.7 Å². The summed E-state index contributed by atoms with van der Waals surface area (Å²) in [5.41, 5.74) is -0.323. The molecule has 1 amide bonds. The Bertz CT molecular complexity index is 386. The molecule has 1 heterocycles. The minimum absolute atomic E-state index is 0.228. The first-order valence-electron chi connectivity index (χ1n) is 6.45. The molecule has 0 unspecified atom stereocenters. The van der Waals surface area contributed by atoms with Crippen molar-refractivity contribution < 1.29 is 9.90 Å². The summed E-state index contributed by atoms with van der Waals surface area (Å²) in [6, 6.07) is 0. The zero-order valence-electron chi connectivity index (χ0n) is 10.4. The first-order valence-corrected chi connectivity index (χ1v) is 6.45. The van der Waals surface area contributed by atoms with Gasteiger partial charge in [-0.3, -0.25) is 4.79 Å². The zero-order valence-corrected chi connectivity index (χ0v) is 10.4. The van der Waals surface area contributed by atoms with Crippen LogP contribution < -0.4 is 5.32 Å². The summed E-state index contributed by atoms with van der Waals surface area (Å²) in [6.07, 6.45) is 10.2. The van der Waals surface area contributed by atoms with Gasteiger partial charge in [0.05, 0.1) is 11.2 Å². The highest BCUT2D eigenvalue weighted by atomic mass is 16.3. The predicted molar refractivity (Wildman–Crippen MR) is 67.0 cm³/mol. The second-order valence-electron chi connectivity index (χ2n) is 4.95. The number of carbonyl (C=O) groups is 1. The molecule has 5 heteroatoms. The van der Waals surface area contributed by atoms with E-state index in [2.05, 4.69) is 15.3 Å². The number of nitrogens with one attached hydrogen (secondary N) is 1. The minimum Gasteiger partial charge on any atom is -0.388 e. The van der Waals surface area contributed by atoms with Crippen LogP contribution >= 0.6 is 0 Å². The van der Waals surface area contributed by atoms with Crippen molar-refractivity contribution >= 4 is 5.91 Å². The van der Waals surface area contributed by atoms with Gasteiger partial charge in [-0.15, -0.1) is 0 Å². The van der Waals surface area contributed by atoms with E-state index in [1.165, 1.54) is 31.6 Å². The van der Waals surface area contributed by atoms with Crippen LogP contribution in [0.1, 0.15) is 48.9 Å². The van der Waals surface area contributed by atoms with Gasteiger partial charge in [0, 0.05) is 18.9 Å². The third-order valence-electron chi connectivity index (χ3n) is 3.44. The van der Waals surface area contributed by atoms with Crippen LogP contribution in [0.25, 0.3) is 0 Å². The molecule has 5 nitrogen and oxygen atoms in total. The van der Waals surface area contributed by atoms with Crippen molar-refractivity contribution in [1.29, 1.82) is 0 Å². The average Bonchev–Trinajstić information content (AvgIpc) is 2.62. The highest BCUT2D eigenvalue weighted by Crippen LogP contribution is 2.26. The number of hydrogen-bond acceptors (Lipinski definition) is 4. The van der Waals surface area contributed by atoms with Gasteiger partial charge in [-0.1, -0.05) is 25.7 Å². The Morgan fingerprint density at radius 2 is 1.83 bits per heavy atom. The number of hydrogen-bond donors (Lipinski definition) is 2. The van der Waals surface area contributed by atoms with E-state index in [0.717, 1.165) is 25.7 Å². The smallest absolute Gasteiger partial charge is 0.254 e. The first kappa shape index (κ1) is 13.0. The monoisotopic (exact) mass is 249 g/mol. The van der Waals surface area contributed by atoms with Gasteiger partial charge in [0.25, 0.3) is 5.91 Å². The summed E-state index contributed by atoms with van der Waals surface area (Å²) < 4.78 is 0. The van der Waals surface area contributed by atoms with Crippen molar-refractivity contribution in [1.82, 2.24) is 15.3 Å². The highest BCUT2D eigenvalue weighted by molar-refractivity contribution is 5.93. The van der Waals surface area contributed by atoms with Crippen LogP contribution in [0.4, 0.5) is 0 Å². The molecular formula is C13H19N3O2. The summed E-state index contributed by atoms with van der Waals surface area (Å²) in [4.78, 5) is 19.4. The molecule has 1 aliphatic rings. The SMILES string of the molecule is O=C(NCC1(O)CCCCCC1)c1cncnc1. The molecule has 18 heavy (non-hydrogen) atoms. The van der Waals surface area contributed by atoms with Crippen LogP contribution in [-0.4, -0.2) is 33.1 Å². The van der Waals surface area contributed by atoms with Gasteiger partial charge >= 0.3 is 0 Å². The van der Waals surface area contributed by atoms with Crippen molar-refractivity contribution in [3.63, 3.8) is 0 Å². The number of rotatable bonds is 3. The number of amides is 1. The largest absolute Gasteiger partial charge is 0.388 e. The second kappa shape index (κ2) is 5.91. The van der Waals surface area contributed by atoms with Gasteiger partial charge in [-0.2, -0.15) is 0 Å². The van der Waals surface area contributed by atoms with E-state index in [0.29, 0.717) is 12.1 Å². The van der Waals surface area contributed by atoms with Crippen molar-refractivity contribution in [2.75, 3.05) is 6.54 Å². The lowest BCUT2D eigenvalue weighted by molar-refractivity contribution is 0.0246. The zero-order chi connectivity index (χ0) is 12.8. The Kier molecular flexibility index (Phi) is 4.25. The Hall–Kier alpha value is -1.49. The molecule has 0 aliphatic heterocycles. The van der Waals surface area contributed by atoms with E-state index < -0.39 is 5.60 Å². The number of nitrogens with zero attached hydrogens (tertiary/aromatic N) is 2. The molecule has 0 saturated heterocycles. The fourth-order valence-electron chi connectivity index (χ4n) is 2.33. The summed E-state index contributed by atoms with van der Waals surface area (Å²) in [5, 5.41) is 13.2. The number of aliphatic hydroxyl groups is 1. The third-order valence-corrected chi connectivity index (χ3v) is 3.44. The summed E-state index contributed by atoms with van der Waals surface area (Å²) in [6.45, 7) is 0.306. The van der Waals surface area contributed by atoms with Crippen LogP contribution in [0.3, 0.4) is 0 Å². The van der Waals surface area contributed by atoms with E-state index in [1.807, 2.05) is 0 Å². The fourth-order valence-corrected chi connectivity index (χ4v) is 2.33. The maximum atomic E-state index is 11.8. The molecule has 0 aromatic carbocycles. The lowest BCUT2D eigenvalue weighted by Crippen LogP contribution is -2.42. The molecule has 2 rings (SSSR count). The van der Waals surface area contributed by atoms with Crippen molar-refractivity contribution in [3.8, 4) is 0 Å². The van der Waals surface area contributed by atoms with Gasteiger partial charge in [0.1, 0.15) is 6.33 Å². The van der Waals surface area contributed by atoms with E-state index in [4.69, 9.17) is 0 Å². The van der Waals surface area contributed by atoms with Crippen LogP contribution in [0.2, 0.25) is 0 Å². The van der Waals surface area contributed by atoms with Crippen molar-refractivity contribution in [3.05, 3.63) is 24.3 Å². The molecule has 2 N–H and O–H groups in total. The summed E-state index contributed by atoms with van der Waals surface area (Å²) in [5.74, 6) is -0.228. The molecule has 1 aromatic heterocycles. The van der Waals surface area contributed by atoms with Gasteiger partial charge in [0.15, 0.2) is 0 Å². The van der Waals surface area contributed by atoms with E-state index in [9.17, 15) is 9.90 Å². The van der Waals surface area contributed by atoms with E-state index >= 15 is 0 Å². The molecular weight excluding hydrogens is 230 g/mol. The van der Waals surface area contributed by atoms with Crippen LogP contribution in [0, 0.1) is 0 Å². The third kappa shape index (κ3) is 3.50. The summed E-state index contributed by atoms with van der Waals surface area (Å²) in [7, 11) is 0. The Morgan fingerprint density at radius 3 is 2.44 bits per heavy atom. The van der Waals surface area contributed by atoms with E-state index in [-0.39, 0.29) is 5.91 Å². The number of aromatic nitrogens is 2. The Labute approximate surface area is 107 Å². The highest BCUT2D eigenvalue weighted by Gasteiger charge is 2.28. The van der Waals surface area contributed by atoms with Crippen molar-refractivity contribution in [2.45, 2.75) is 44.1 Å². The average molecular weight is 249 g/mol. The van der Waals surface area contributed by atoms with Crippen LogP contribution in [0.5, 0.6) is 0 Å². The molecule has 0 bridgehead atoms. The maximum absolute atomic E-state index is 11.8. The predicted octanol–water partition coefficient (Wildman–Crippen LogP) is 1.29. The Balaban J connectivity index is 1.88. The Morgan fingerprint density at radius 1 is 1.22 bits per heavy atom. The topological polar surface area (TPSA) is 75.1 Å². The normalized spacial score (nSPS) is 18.9. The standard InChI is InChI=1S/C13H19N3O2/c17-12(11-7-14-10-15-8-11)16-9-13(18)5-3-1-2-4-6-13/h7-8,10,18H,1-6,9H2,(H,16,17). The quantitative estimate of drug-likeness (QED) is 0.792. The lowest BCUT2D eigenvalue weighted by Gasteiger charge is -2.26. The van der Waals surface area contributed by atoms with E-state index in [1.54, 1.807) is 0 Å². The van der Waals surface area contributed by atoms with Gasteiger partial charge < -0.3 is 10.4 Å². The molecule has 1 saturated carbocycles. The molecule has 1 fully saturated rings. The fraction of sp³-hybridized carbons (Fsp3) is 0.615. The molecule has 1 aromatic rings. The first-order chi connectivity index (χ1) is 8.70. The van der Waals surface area contributed by atoms with Gasteiger partial charge in [0.2, 0.25) is 0 Å². The minimum atomic E-state index is -0.748. The number of carbonyl (C=O) groups excluding carboxylic acids is 1. The molecule has 0 spiro atoms. The molecule has 0 radical (unpaired) electrons. The molecule has 98 valence electrons.